The number of primary sulfonamides is 1. The summed E-state index contributed by atoms with van der Waals surface area (Å²) >= 11 is 0. The number of carbonyl (C=O) groups excluding carboxylic acids is 1. The number of ether oxygens (including phenoxy) is 1. The number of hydrogen-bond donors (Lipinski definition) is 2. The molecule has 1 atom stereocenters. The molecular weight excluding hydrogens is 354 g/mol. The van der Waals surface area contributed by atoms with Gasteiger partial charge in [0.2, 0.25) is 15.9 Å². The molecule has 26 heavy (non-hydrogen) atoms. The minimum Gasteiger partial charge on any atom is -0.496 e. The molecule has 0 radical (unpaired) electrons. The second-order valence-corrected chi connectivity index (χ2v) is 7.52. The van der Waals surface area contributed by atoms with Gasteiger partial charge < -0.3 is 10.1 Å². The number of benzene rings is 2. The van der Waals surface area contributed by atoms with Crippen LogP contribution in [0, 0.1) is 0 Å². The Balaban J connectivity index is 2.02. The van der Waals surface area contributed by atoms with E-state index < -0.39 is 16.1 Å². The zero-order chi connectivity index (χ0) is 19.3. The van der Waals surface area contributed by atoms with Crippen LogP contribution in [0.25, 0.3) is 0 Å². The van der Waals surface area contributed by atoms with Crippen molar-refractivity contribution < 1.29 is 17.9 Å². The van der Waals surface area contributed by atoms with Crippen LogP contribution in [0.15, 0.2) is 53.4 Å². The second-order valence-electron chi connectivity index (χ2n) is 5.96. The van der Waals surface area contributed by atoms with Crippen LogP contribution in [-0.2, 0) is 21.4 Å². The lowest BCUT2D eigenvalue weighted by molar-refractivity contribution is -0.120. The summed E-state index contributed by atoms with van der Waals surface area (Å²) in [6.45, 7) is 2.34. The van der Waals surface area contributed by atoms with Gasteiger partial charge >= 0.3 is 0 Å². The first-order valence-corrected chi connectivity index (χ1v) is 9.53. The smallest absolute Gasteiger partial charge is 0.241 e. The van der Waals surface area contributed by atoms with E-state index in [4.69, 9.17) is 9.88 Å². The molecule has 0 saturated heterocycles. The molecule has 0 fully saturated rings. The number of hydrogen-bond acceptors (Lipinski definition) is 5. The zero-order valence-corrected chi connectivity index (χ0v) is 15.8. The van der Waals surface area contributed by atoms with Gasteiger partial charge in [-0.25, -0.2) is 13.6 Å². The predicted molar refractivity (Wildman–Crippen MR) is 100 cm³/mol. The fourth-order valence-electron chi connectivity index (χ4n) is 2.41. The Kier molecular flexibility index (Phi) is 6.36. The second kappa shape index (κ2) is 8.31. The minimum absolute atomic E-state index is 0.00293. The molecule has 7 nitrogen and oxygen atoms in total. The molecule has 0 bridgehead atoms. The number of rotatable bonds is 7. The van der Waals surface area contributed by atoms with E-state index in [0.29, 0.717) is 12.2 Å². The first-order chi connectivity index (χ1) is 12.2. The number of anilines is 1. The summed E-state index contributed by atoms with van der Waals surface area (Å²) in [5.41, 5.74) is 1.48. The van der Waals surface area contributed by atoms with Crippen LogP contribution in [0.5, 0.6) is 5.75 Å². The zero-order valence-electron chi connectivity index (χ0n) is 15.0. The number of amides is 1. The van der Waals surface area contributed by atoms with Gasteiger partial charge in [-0.2, -0.15) is 0 Å². The molecule has 2 rings (SSSR count). The molecule has 0 spiro atoms. The number of nitrogens with one attached hydrogen (secondary N) is 1. The molecule has 0 unspecified atom stereocenters. The van der Waals surface area contributed by atoms with Gasteiger partial charge in [0.1, 0.15) is 5.75 Å². The average molecular weight is 377 g/mol. The lowest BCUT2D eigenvalue weighted by atomic mass is 10.1. The van der Waals surface area contributed by atoms with Crippen molar-refractivity contribution in [2.24, 2.45) is 5.14 Å². The summed E-state index contributed by atoms with van der Waals surface area (Å²) in [7, 11) is -0.293. The van der Waals surface area contributed by atoms with Crippen LogP contribution in [0.3, 0.4) is 0 Å². The van der Waals surface area contributed by atoms with Crippen molar-refractivity contribution in [1.82, 2.24) is 4.90 Å². The first-order valence-electron chi connectivity index (χ1n) is 7.98. The molecule has 2 aromatic carbocycles. The highest BCUT2D eigenvalue weighted by Gasteiger charge is 2.19. The molecule has 0 aliphatic rings. The van der Waals surface area contributed by atoms with Crippen molar-refractivity contribution in [3.63, 3.8) is 0 Å². The van der Waals surface area contributed by atoms with Crippen molar-refractivity contribution in [3.8, 4) is 5.75 Å². The third-order valence-electron chi connectivity index (χ3n) is 4.10. The SMILES string of the molecule is COc1ccccc1CN(C)[C@@H](C)C(=O)Nc1ccc(S(N)(=O)=O)cc1. The Morgan fingerprint density at radius 1 is 1.19 bits per heavy atom. The summed E-state index contributed by atoms with van der Waals surface area (Å²) in [4.78, 5) is 14.3. The van der Waals surface area contributed by atoms with Crippen LogP contribution >= 0.6 is 0 Å². The predicted octanol–water partition coefficient (Wildman–Crippen LogP) is 1.80. The number of sulfonamides is 1. The quantitative estimate of drug-likeness (QED) is 0.766. The highest BCUT2D eigenvalue weighted by molar-refractivity contribution is 7.89. The third kappa shape index (κ3) is 5.04. The molecule has 0 saturated carbocycles. The van der Waals surface area contributed by atoms with E-state index in [-0.39, 0.29) is 10.8 Å². The van der Waals surface area contributed by atoms with Crippen molar-refractivity contribution in [3.05, 3.63) is 54.1 Å². The van der Waals surface area contributed by atoms with Gasteiger partial charge in [0, 0.05) is 17.8 Å². The Morgan fingerprint density at radius 2 is 1.81 bits per heavy atom. The molecule has 2 aromatic rings. The van der Waals surface area contributed by atoms with Gasteiger partial charge in [0.25, 0.3) is 0 Å². The molecule has 1 amide bonds. The first kappa shape index (κ1) is 19.9. The van der Waals surface area contributed by atoms with E-state index in [1.54, 1.807) is 14.0 Å². The van der Waals surface area contributed by atoms with Crippen molar-refractivity contribution in [1.29, 1.82) is 0 Å². The molecule has 0 aliphatic carbocycles. The largest absolute Gasteiger partial charge is 0.496 e. The van der Waals surface area contributed by atoms with E-state index in [0.717, 1.165) is 11.3 Å². The maximum Gasteiger partial charge on any atom is 0.241 e. The third-order valence-corrected chi connectivity index (χ3v) is 5.03. The van der Waals surface area contributed by atoms with E-state index in [2.05, 4.69) is 5.32 Å². The number of nitrogens with two attached hydrogens (primary N) is 1. The molecular formula is C18H23N3O4S. The van der Waals surface area contributed by atoms with Crippen molar-refractivity contribution in [2.45, 2.75) is 24.4 Å². The molecule has 0 aliphatic heterocycles. The Labute approximate surface area is 153 Å². The topological polar surface area (TPSA) is 102 Å². The monoisotopic (exact) mass is 377 g/mol. The summed E-state index contributed by atoms with van der Waals surface area (Å²) in [5, 5.41) is 7.83. The maximum atomic E-state index is 12.5. The van der Waals surface area contributed by atoms with Crippen LogP contribution in [0.4, 0.5) is 5.69 Å². The fraction of sp³-hybridized carbons (Fsp3) is 0.278. The number of carbonyl (C=O) groups is 1. The lowest BCUT2D eigenvalue weighted by Crippen LogP contribution is -2.39. The van der Waals surface area contributed by atoms with Crippen LogP contribution in [0.1, 0.15) is 12.5 Å². The number of likely N-dealkylation sites (N-methyl/N-ethyl adjacent to an activating group) is 1. The Bertz CT molecular complexity index is 866. The molecule has 8 heteroatoms. The molecule has 0 aromatic heterocycles. The van der Waals surface area contributed by atoms with Gasteiger partial charge in [-0.05, 0) is 44.3 Å². The van der Waals surface area contributed by atoms with E-state index in [9.17, 15) is 13.2 Å². The number of para-hydroxylation sites is 1. The van der Waals surface area contributed by atoms with E-state index in [1.165, 1.54) is 24.3 Å². The van der Waals surface area contributed by atoms with Gasteiger partial charge in [0.05, 0.1) is 18.0 Å². The van der Waals surface area contributed by atoms with Gasteiger partial charge in [0.15, 0.2) is 0 Å². The number of nitrogens with zero attached hydrogens (tertiary/aromatic N) is 1. The van der Waals surface area contributed by atoms with Gasteiger partial charge in [-0.15, -0.1) is 0 Å². The normalized spacial score (nSPS) is 12.7. The summed E-state index contributed by atoms with van der Waals surface area (Å²) in [5.74, 6) is 0.566. The Morgan fingerprint density at radius 3 is 2.38 bits per heavy atom. The Hall–Kier alpha value is -2.42. The standard InChI is InChI=1S/C18H23N3O4S/c1-13(21(2)12-14-6-4-5-7-17(14)25-3)18(22)20-15-8-10-16(11-9-15)26(19,23)24/h4-11,13H,12H2,1-3H3,(H,20,22)(H2,19,23,24)/t13-/m0/s1. The highest BCUT2D eigenvalue weighted by atomic mass is 32.2. The van der Waals surface area contributed by atoms with Gasteiger partial charge in [-0.1, -0.05) is 18.2 Å². The van der Waals surface area contributed by atoms with E-state index in [1.807, 2.05) is 36.2 Å². The van der Waals surface area contributed by atoms with Crippen LogP contribution < -0.4 is 15.2 Å². The van der Waals surface area contributed by atoms with Gasteiger partial charge in [-0.3, -0.25) is 9.69 Å². The maximum absolute atomic E-state index is 12.5. The minimum atomic E-state index is -3.75. The fourth-order valence-corrected chi connectivity index (χ4v) is 2.93. The molecule has 140 valence electrons. The highest BCUT2D eigenvalue weighted by Crippen LogP contribution is 2.20. The van der Waals surface area contributed by atoms with Crippen molar-refractivity contribution in [2.75, 3.05) is 19.5 Å². The molecule has 0 heterocycles. The summed E-state index contributed by atoms with van der Waals surface area (Å²) in [6, 6.07) is 13.0. The average Bonchev–Trinajstić information content (AvgIpc) is 2.61. The lowest BCUT2D eigenvalue weighted by Gasteiger charge is -2.24. The van der Waals surface area contributed by atoms with Crippen LogP contribution in [0.2, 0.25) is 0 Å². The summed E-state index contributed by atoms with van der Waals surface area (Å²) < 4.78 is 27.9. The number of methoxy groups -OCH3 is 1. The van der Waals surface area contributed by atoms with Crippen LogP contribution in [-0.4, -0.2) is 39.4 Å². The van der Waals surface area contributed by atoms with Crippen molar-refractivity contribution >= 4 is 21.6 Å². The summed E-state index contributed by atoms with van der Waals surface area (Å²) in [6.07, 6.45) is 0. The van der Waals surface area contributed by atoms with E-state index >= 15 is 0 Å². The molecule has 3 N–H and O–H groups in total.